The van der Waals surface area contributed by atoms with E-state index in [9.17, 15) is 4.39 Å². The Labute approximate surface area is 162 Å². The van der Waals surface area contributed by atoms with Gasteiger partial charge in [0, 0.05) is 31.5 Å². The van der Waals surface area contributed by atoms with Crippen molar-refractivity contribution in [2.75, 3.05) is 26.5 Å². The van der Waals surface area contributed by atoms with Gasteiger partial charge in [-0.3, -0.25) is 4.40 Å². The highest BCUT2D eigenvalue weighted by atomic mass is 19.1. The summed E-state index contributed by atoms with van der Waals surface area (Å²) < 4.78 is 15.5. The average molecular weight is 376 g/mol. The fraction of sp³-hybridized carbons (Fsp3) is 0.190. The predicted molar refractivity (Wildman–Crippen MR) is 109 cm³/mol. The monoisotopic (exact) mass is 376 g/mol. The molecule has 0 aliphatic carbocycles. The van der Waals surface area contributed by atoms with Crippen molar-refractivity contribution in [2.45, 2.75) is 6.54 Å². The van der Waals surface area contributed by atoms with Crippen LogP contribution in [-0.2, 0) is 6.54 Å². The smallest absolute Gasteiger partial charge is 0.222 e. The normalized spacial score (nSPS) is 11.3. The van der Waals surface area contributed by atoms with E-state index in [-0.39, 0.29) is 5.82 Å². The summed E-state index contributed by atoms with van der Waals surface area (Å²) >= 11 is 0. The molecular formula is C21H21FN6. The molecule has 0 saturated carbocycles. The van der Waals surface area contributed by atoms with E-state index >= 15 is 0 Å². The van der Waals surface area contributed by atoms with Gasteiger partial charge in [-0.15, -0.1) is 0 Å². The Morgan fingerprint density at radius 3 is 2.57 bits per heavy atom. The SMILES string of the molecule is CNc1nccc(-c2c(-c3ccc(F)cc3)nc3cc(CN(C)C)ccn23)n1. The molecule has 0 spiro atoms. The molecule has 28 heavy (non-hydrogen) atoms. The standard InChI is InChI=1S/C21H21FN6/c1-23-21-24-10-8-17(25-21)20-19(15-4-6-16(22)7-5-15)26-18-12-14(13-27(2)3)9-11-28(18)20/h4-12H,13H2,1-3H3,(H,23,24,25). The zero-order valence-electron chi connectivity index (χ0n) is 16.0. The molecule has 0 aliphatic rings. The molecule has 0 aliphatic heterocycles. The number of hydrogen-bond acceptors (Lipinski definition) is 5. The van der Waals surface area contributed by atoms with Crippen LogP contribution in [-0.4, -0.2) is 45.4 Å². The van der Waals surface area contributed by atoms with Gasteiger partial charge < -0.3 is 10.2 Å². The number of hydrogen-bond donors (Lipinski definition) is 1. The Balaban J connectivity index is 1.95. The van der Waals surface area contributed by atoms with Crippen molar-refractivity contribution in [2.24, 2.45) is 0 Å². The maximum Gasteiger partial charge on any atom is 0.222 e. The first-order valence-corrected chi connectivity index (χ1v) is 8.98. The molecule has 0 radical (unpaired) electrons. The van der Waals surface area contributed by atoms with Crippen molar-refractivity contribution in [1.29, 1.82) is 0 Å². The lowest BCUT2D eigenvalue weighted by molar-refractivity contribution is 0.402. The van der Waals surface area contributed by atoms with Crippen molar-refractivity contribution in [1.82, 2.24) is 24.3 Å². The van der Waals surface area contributed by atoms with E-state index in [0.717, 1.165) is 34.8 Å². The molecule has 1 aromatic carbocycles. The molecule has 7 heteroatoms. The molecule has 0 unspecified atom stereocenters. The third kappa shape index (κ3) is 3.44. The van der Waals surface area contributed by atoms with E-state index < -0.39 is 0 Å². The Hall–Kier alpha value is -3.32. The highest BCUT2D eigenvalue weighted by molar-refractivity contribution is 5.80. The molecule has 6 nitrogen and oxygen atoms in total. The van der Waals surface area contributed by atoms with E-state index in [1.165, 1.54) is 17.7 Å². The molecule has 3 heterocycles. The zero-order chi connectivity index (χ0) is 19.7. The maximum absolute atomic E-state index is 13.4. The van der Waals surface area contributed by atoms with Crippen molar-refractivity contribution < 1.29 is 4.39 Å². The van der Waals surface area contributed by atoms with Gasteiger partial charge in [0.2, 0.25) is 5.95 Å². The first kappa shape index (κ1) is 18.1. The number of benzene rings is 1. The summed E-state index contributed by atoms with van der Waals surface area (Å²) in [7, 11) is 5.85. The van der Waals surface area contributed by atoms with Crippen molar-refractivity contribution in [3.8, 4) is 22.6 Å². The van der Waals surface area contributed by atoms with Gasteiger partial charge in [0.15, 0.2) is 0 Å². The summed E-state index contributed by atoms with van der Waals surface area (Å²) in [6, 6.07) is 12.4. The molecule has 3 aromatic heterocycles. The molecule has 4 rings (SSSR count). The molecule has 1 N–H and O–H groups in total. The summed E-state index contributed by atoms with van der Waals surface area (Å²) in [6.45, 7) is 0.821. The molecule has 0 fully saturated rings. The van der Waals surface area contributed by atoms with Crippen LogP contribution in [0.25, 0.3) is 28.3 Å². The minimum Gasteiger partial charge on any atom is -0.357 e. The number of pyridine rings is 1. The number of aromatic nitrogens is 4. The van der Waals surface area contributed by atoms with Crippen LogP contribution in [0.5, 0.6) is 0 Å². The lowest BCUT2D eigenvalue weighted by atomic mass is 10.1. The van der Waals surface area contributed by atoms with Crippen molar-refractivity contribution >= 4 is 11.6 Å². The Bertz CT molecular complexity index is 1120. The largest absolute Gasteiger partial charge is 0.357 e. The highest BCUT2D eigenvalue weighted by Crippen LogP contribution is 2.32. The first-order valence-electron chi connectivity index (χ1n) is 8.98. The summed E-state index contributed by atoms with van der Waals surface area (Å²) in [5, 5.41) is 2.97. The number of rotatable bonds is 5. The second kappa shape index (κ2) is 7.36. The fourth-order valence-corrected chi connectivity index (χ4v) is 3.22. The third-order valence-electron chi connectivity index (χ3n) is 4.43. The van der Waals surface area contributed by atoms with Gasteiger partial charge in [0.25, 0.3) is 0 Å². The second-order valence-corrected chi connectivity index (χ2v) is 6.83. The molecule has 4 aromatic rings. The van der Waals surface area contributed by atoms with E-state index in [1.807, 2.05) is 30.8 Å². The minimum atomic E-state index is -0.276. The molecule has 0 atom stereocenters. The number of imidazole rings is 1. The van der Waals surface area contributed by atoms with Gasteiger partial charge in [-0.2, -0.15) is 0 Å². The van der Waals surface area contributed by atoms with E-state index in [4.69, 9.17) is 4.98 Å². The number of fused-ring (bicyclic) bond motifs is 1. The van der Waals surface area contributed by atoms with Gasteiger partial charge >= 0.3 is 0 Å². The second-order valence-electron chi connectivity index (χ2n) is 6.83. The molecular weight excluding hydrogens is 355 g/mol. The summed E-state index contributed by atoms with van der Waals surface area (Å²) in [6.07, 6.45) is 3.72. The highest BCUT2D eigenvalue weighted by Gasteiger charge is 2.18. The van der Waals surface area contributed by atoms with Crippen LogP contribution in [0.3, 0.4) is 0 Å². The Kier molecular flexibility index (Phi) is 4.75. The van der Waals surface area contributed by atoms with Gasteiger partial charge in [0.05, 0.1) is 17.1 Å². The van der Waals surface area contributed by atoms with Gasteiger partial charge in [0.1, 0.15) is 11.5 Å². The van der Waals surface area contributed by atoms with Crippen LogP contribution >= 0.6 is 0 Å². The third-order valence-corrected chi connectivity index (χ3v) is 4.43. The van der Waals surface area contributed by atoms with E-state index in [1.54, 1.807) is 25.4 Å². The van der Waals surface area contributed by atoms with Crippen molar-refractivity contribution in [3.05, 3.63) is 66.2 Å². The van der Waals surface area contributed by atoms with Crippen molar-refractivity contribution in [3.63, 3.8) is 0 Å². The number of halogens is 1. The summed E-state index contributed by atoms with van der Waals surface area (Å²) in [5.41, 5.74) is 5.15. The predicted octanol–water partition coefficient (Wildman–Crippen LogP) is 3.70. The summed E-state index contributed by atoms with van der Waals surface area (Å²) in [5.74, 6) is 0.253. The Morgan fingerprint density at radius 2 is 1.86 bits per heavy atom. The van der Waals surface area contributed by atoms with Crippen LogP contribution < -0.4 is 5.32 Å². The topological polar surface area (TPSA) is 58.4 Å². The van der Waals surface area contributed by atoms with Crippen LogP contribution in [0.2, 0.25) is 0 Å². The fourth-order valence-electron chi connectivity index (χ4n) is 3.22. The van der Waals surface area contributed by atoms with Gasteiger partial charge in [-0.05, 0) is 62.1 Å². The quantitative estimate of drug-likeness (QED) is 0.576. The van der Waals surface area contributed by atoms with Crippen LogP contribution in [0.1, 0.15) is 5.56 Å². The maximum atomic E-state index is 13.4. The lowest BCUT2D eigenvalue weighted by Gasteiger charge is -2.10. The Morgan fingerprint density at radius 1 is 1.07 bits per heavy atom. The molecule has 0 bridgehead atoms. The van der Waals surface area contributed by atoms with Gasteiger partial charge in [-0.25, -0.2) is 19.3 Å². The number of nitrogens with one attached hydrogen (secondary N) is 1. The molecule has 0 saturated heterocycles. The van der Waals surface area contributed by atoms with Crippen LogP contribution in [0, 0.1) is 5.82 Å². The first-order chi connectivity index (χ1) is 13.5. The van der Waals surface area contributed by atoms with Crippen LogP contribution in [0.15, 0.2) is 54.9 Å². The van der Waals surface area contributed by atoms with E-state index in [2.05, 4.69) is 32.3 Å². The average Bonchev–Trinajstić information content (AvgIpc) is 3.06. The van der Waals surface area contributed by atoms with Gasteiger partial charge in [-0.1, -0.05) is 0 Å². The zero-order valence-corrected chi connectivity index (χ0v) is 16.0. The minimum absolute atomic E-state index is 0.276. The molecule has 0 amide bonds. The number of anilines is 1. The van der Waals surface area contributed by atoms with Crippen LogP contribution in [0.4, 0.5) is 10.3 Å². The summed E-state index contributed by atoms with van der Waals surface area (Å²) in [4.78, 5) is 15.8. The lowest BCUT2D eigenvalue weighted by Crippen LogP contribution is -2.10. The van der Waals surface area contributed by atoms with E-state index in [0.29, 0.717) is 5.95 Å². The number of nitrogens with zero attached hydrogens (tertiary/aromatic N) is 5. The molecule has 142 valence electrons.